The van der Waals surface area contributed by atoms with Gasteiger partial charge >= 0.3 is 0 Å². The molecule has 2 aliphatic rings. The third-order valence-electron chi connectivity index (χ3n) is 5.22. The fraction of sp³-hybridized carbons (Fsp3) is 0.412. The number of aliphatic hydroxyl groups is 1. The monoisotopic (exact) mass is 387 g/mol. The van der Waals surface area contributed by atoms with E-state index in [0.717, 1.165) is 64.8 Å². The molecule has 4 heterocycles. The van der Waals surface area contributed by atoms with E-state index in [1.807, 2.05) is 0 Å². The Morgan fingerprint density at radius 2 is 2.12 bits per heavy atom. The van der Waals surface area contributed by atoms with Gasteiger partial charge in [-0.15, -0.1) is 0 Å². The molecule has 2 aromatic heterocycles. The maximum Gasteiger partial charge on any atom is 0.143 e. The number of hydrogen-bond donors (Lipinski definition) is 2. The number of rotatable bonds is 1. The summed E-state index contributed by atoms with van der Waals surface area (Å²) in [6.07, 6.45) is 2.30. The Hall–Kier alpha value is -1.70. The topological polar surface area (TPSA) is 68.3 Å². The van der Waals surface area contributed by atoms with Crippen LogP contribution in [0.25, 0.3) is 21.9 Å². The SMILES string of the molecule is O[C@@H]1C[C@H]2CN(c3ncnc4[nH]c5cc(Br)ccc5c34)CCN2C1. The zero-order chi connectivity index (χ0) is 16.3. The number of nitrogens with zero attached hydrogens (tertiary/aromatic N) is 4. The summed E-state index contributed by atoms with van der Waals surface area (Å²) in [7, 11) is 0. The molecule has 6 nitrogen and oxygen atoms in total. The first kappa shape index (κ1) is 14.6. The number of aliphatic hydroxyl groups excluding tert-OH is 1. The van der Waals surface area contributed by atoms with Crippen molar-refractivity contribution in [2.75, 3.05) is 31.1 Å². The number of H-pyrrole nitrogens is 1. The molecule has 0 radical (unpaired) electrons. The minimum absolute atomic E-state index is 0.189. The molecule has 2 atom stereocenters. The van der Waals surface area contributed by atoms with Gasteiger partial charge in [-0.3, -0.25) is 4.90 Å². The molecule has 2 saturated heterocycles. The van der Waals surface area contributed by atoms with Gasteiger partial charge < -0.3 is 15.0 Å². The van der Waals surface area contributed by atoms with Crippen molar-refractivity contribution in [2.24, 2.45) is 0 Å². The van der Waals surface area contributed by atoms with Gasteiger partial charge in [0.2, 0.25) is 0 Å². The number of piperazine rings is 1. The molecule has 0 saturated carbocycles. The van der Waals surface area contributed by atoms with Crippen molar-refractivity contribution >= 4 is 43.7 Å². The summed E-state index contributed by atoms with van der Waals surface area (Å²) in [4.78, 5) is 17.2. The summed E-state index contributed by atoms with van der Waals surface area (Å²) in [6, 6.07) is 6.66. The molecule has 0 amide bonds. The maximum atomic E-state index is 9.93. The lowest BCUT2D eigenvalue weighted by molar-refractivity contribution is 0.173. The van der Waals surface area contributed by atoms with Crippen molar-refractivity contribution in [2.45, 2.75) is 18.6 Å². The van der Waals surface area contributed by atoms with Gasteiger partial charge in [0.15, 0.2) is 0 Å². The van der Waals surface area contributed by atoms with Crippen molar-refractivity contribution in [3.63, 3.8) is 0 Å². The van der Waals surface area contributed by atoms with Crippen LogP contribution in [0.3, 0.4) is 0 Å². The molecule has 1 aromatic carbocycles. The zero-order valence-corrected chi connectivity index (χ0v) is 14.7. The van der Waals surface area contributed by atoms with Crippen molar-refractivity contribution in [1.82, 2.24) is 19.9 Å². The average Bonchev–Trinajstić information content (AvgIpc) is 3.12. The third kappa shape index (κ3) is 2.22. The number of aromatic amines is 1. The van der Waals surface area contributed by atoms with Crippen LogP contribution in [0.15, 0.2) is 29.0 Å². The van der Waals surface area contributed by atoms with Crippen LogP contribution in [0.4, 0.5) is 5.82 Å². The fourth-order valence-electron chi connectivity index (χ4n) is 4.13. The second-order valence-corrected chi connectivity index (χ2v) is 7.64. The summed E-state index contributed by atoms with van der Waals surface area (Å²) in [6.45, 7) is 3.62. The van der Waals surface area contributed by atoms with Crippen molar-refractivity contribution in [1.29, 1.82) is 0 Å². The molecule has 0 spiro atoms. The summed E-state index contributed by atoms with van der Waals surface area (Å²) in [5, 5.41) is 12.2. The molecule has 0 bridgehead atoms. The molecule has 5 rings (SSSR count). The highest BCUT2D eigenvalue weighted by Crippen LogP contribution is 2.34. The molecular weight excluding hydrogens is 370 g/mol. The Balaban J connectivity index is 1.60. The van der Waals surface area contributed by atoms with Crippen LogP contribution in [0.5, 0.6) is 0 Å². The van der Waals surface area contributed by atoms with Gasteiger partial charge in [-0.2, -0.15) is 0 Å². The highest BCUT2D eigenvalue weighted by atomic mass is 79.9. The Labute approximate surface area is 147 Å². The standard InChI is InChI=1S/C17H18BrN5O/c18-10-1-2-13-14(5-10)21-16-15(13)17(20-9-19-16)23-4-3-22-8-12(24)6-11(22)7-23/h1-2,5,9,11-12,24H,3-4,6-8H2,(H,19,20,21)/t11-,12+/m0/s1. The van der Waals surface area contributed by atoms with Gasteiger partial charge in [-0.1, -0.05) is 22.0 Å². The van der Waals surface area contributed by atoms with Crippen LogP contribution in [0, 0.1) is 0 Å². The van der Waals surface area contributed by atoms with Crippen LogP contribution < -0.4 is 4.90 Å². The molecule has 0 unspecified atom stereocenters. The van der Waals surface area contributed by atoms with Gasteiger partial charge in [0.1, 0.15) is 17.8 Å². The van der Waals surface area contributed by atoms with Gasteiger partial charge in [0, 0.05) is 47.6 Å². The van der Waals surface area contributed by atoms with Crippen molar-refractivity contribution in [3.05, 3.63) is 29.0 Å². The van der Waals surface area contributed by atoms with E-state index in [0.29, 0.717) is 6.04 Å². The molecular formula is C17H18BrN5O. The third-order valence-corrected chi connectivity index (χ3v) is 5.72. The molecule has 124 valence electrons. The number of halogens is 1. The largest absolute Gasteiger partial charge is 0.392 e. The molecule has 0 aliphatic carbocycles. The Morgan fingerprint density at radius 3 is 3.04 bits per heavy atom. The van der Waals surface area contributed by atoms with Gasteiger partial charge in [0.05, 0.1) is 11.5 Å². The summed E-state index contributed by atoms with van der Waals surface area (Å²) < 4.78 is 1.05. The molecule has 24 heavy (non-hydrogen) atoms. The van der Waals surface area contributed by atoms with Gasteiger partial charge in [-0.25, -0.2) is 9.97 Å². The number of fused-ring (bicyclic) bond motifs is 4. The van der Waals surface area contributed by atoms with Crippen LogP contribution in [-0.2, 0) is 0 Å². The van der Waals surface area contributed by atoms with E-state index in [4.69, 9.17) is 0 Å². The van der Waals surface area contributed by atoms with E-state index in [2.05, 4.69) is 58.9 Å². The average molecular weight is 388 g/mol. The maximum absolute atomic E-state index is 9.93. The molecule has 2 N–H and O–H groups in total. The number of hydrogen-bond acceptors (Lipinski definition) is 5. The molecule has 2 aliphatic heterocycles. The number of nitrogens with one attached hydrogen (secondary N) is 1. The number of anilines is 1. The van der Waals surface area contributed by atoms with E-state index in [-0.39, 0.29) is 6.10 Å². The molecule has 2 fully saturated rings. The lowest BCUT2D eigenvalue weighted by Crippen LogP contribution is -2.50. The number of aromatic nitrogens is 3. The predicted octanol–water partition coefficient (Wildman–Crippen LogP) is 2.13. The summed E-state index contributed by atoms with van der Waals surface area (Å²) >= 11 is 3.53. The summed E-state index contributed by atoms with van der Waals surface area (Å²) in [5.74, 6) is 0.995. The minimum atomic E-state index is -0.189. The first-order valence-corrected chi connectivity index (χ1v) is 9.07. The quantitative estimate of drug-likeness (QED) is 0.669. The van der Waals surface area contributed by atoms with Gasteiger partial charge in [-0.05, 0) is 18.6 Å². The van der Waals surface area contributed by atoms with Crippen LogP contribution >= 0.6 is 15.9 Å². The smallest absolute Gasteiger partial charge is 0.143 e. The predicted molar refractivity (Wildman–Crippen MR) is 97.3 cm³/mol. The highest BCUT2D eigenvalue weighted by Gasteiger charge is 2.36. The van der Waals surface area contributed by atoms with E-state index in [1.165, 1.54) is 0 Å². The Morgan fingerprint density at radius 1 is 1.21 bits per heavy atom. The minimum Gasteiger partial charge on any atom is -0.392 e. The van der Waals surface area contributed by atoms with Gasteiger partial charge in [0.25, 0.3) is 0 Å². The van der Waals surface area contributed by atoms with E-state index in [9.17, 15) is 5.11 Å². The summed E-state index contributed by atoms with van der Waals surface area (Å²) in [5.41, 5.74) is 1.94. The van der Waals surface area contributed by atoms with Crippen LogP contribution in [0.2, 0.25) is 0 Å². The fourth-order valence-corrected chi connectivity index (χ4v) is 4.49. The lowest BCUT2D eigenvalue weighted by atomic mass is 10.1. The highest BCUT2D eigenvalue weighted by molar-refractivity contribution is 9.10. The zero-order valence-electron chi connectivity index (χ0n) is 13.1. The first-order valence-electron chi connectivity index (χ1n) is 8.28. The Kier molecular flexibility index (Phi) is 3.29. The normalized spacial score (nSPS) is 24.8. The Bertz CT molecular complexity index is 926. The molecule has 3 aromatic rings. The second kappa shape index (κ2) is 5.40. The lowest BCUT2D eigenvalue weighted by Gasteiger charge is -2.38. The van der Waals surface area contributed by atoms with E-state index >= 15 is 0 Å². The number of benzene rings is 1. The van der Waals surface area contributed by atoms with Crippen LogP contribution in [-0.4, -0.2) is 63.3 Å². The van der Waals surface area contributed by atoms with E-state index in [1.54, 1.807) is 6.33 Å². The van der Waals surface area contributed by atoms with Crippen LogP contribution in [0.1, 0.15) is 6.42 Å². The molecule has 7 heteroatoms. The van der Waals surface area contributed by atoms with E-state index < -0.39 is 0 Å². The first-order chi connectivity index (χ1) is 11.7. The second-order valence-electron chi connectivity index (χ2n) is 6.72. The van der Waals surface area contributed by atoms with Crippen molar-refractivity contribution in [3.8, 4) is 0 Å². The van der Waals surface area contributed by atoms with Crippen molar-refractivity contribution < 1.29 is 5.11 Å².